The van der Waals surface area contributed by atoms with E-state index in [4.69, 9.17) is 9.52 Å². The number of Topliss-reactive ketones (excluding diaryl/α,β-unsaturated/α-hetero) is 2. The molecule has 33 heavy (non-hydrogen) atoms. The molecule has 168 valence electrons. The van der Waals surface area contributed by atoms with Crippen LogP contribution in [-0.2, 0) is 0 Å². The summed E-state index contributed by atoms with van der Waals surface area (Å²) in [5.74, 6) is -2.56. The number of hydrogen-bond donors (Lipinski definition) is 4. The summed E-state index contributed by atoms with van der Waals surface area (Å²) in [6, 6.07) is 17.2. The van der Waals surface area contributed by atoms with Crippen molar-refractivity contribution in [1.29, 1.82) is 0 Å². The Kier molecular flexibility index (Phi) is 7.85. The molecule has 4 aromatic rings. The van der Waals surface area contributed by atoms with Gasteiger partial charge >= 0.3 is 0 Å². The van der Waals surface area contributed by atoms with Gasteiger partial charge in [0.15, 0.2) is 11.5 Å². The van der Waals surface area contributed by atoms with Gasteiger partial charge in [0, 0.05) is 5.56 Å². The Bertz CT molecular complexity index is 1270. The number of aliphatic hydroxyl groups excluding tert-OH is 4. The average Bonchev–Trinajstić information content (AvgIpc) is 3.65. The zero-order valence-corrected chi connectivity index (χ0v) is 18.5. The number of benzene rings is 1. The molecule has 9 heteroatoms. The number of carbonyl (C=O) groups excluding carboxylic acids is 2. The topological polar surface area (TPSA) is 128 Å². The van der Waals surface area contributed by atoms with Gasteiger partial charge in [0.1, 0.15) is 12.0 Å². The van der Waals surface area contributed by atoms with E-state index in [-0.39, 0.29) is 11.3 Å². The minimum atomic E-state index is -0.719. The van der Waals surface area contributed by atoms with Crippen molar-refractivity contribution < 1.29 is 34.4 Å². The summed E-state index contributed by atoms with van der Waals surface area (Å²) in [4.78, 5) is 24.3. The molecule has 3 aromatic heterocycles. The van der Waals surface area contributed by atoms with E-state index in [2.05, 4.69) is 0 Å². The molecule has 7 nitrogen and oxygen atoms in total. The summed E-state index contributed by atoms with van der Waals surface area (Å²) in [6.07, 6.45) is 1.73. The van der Waals surface area contributed by atoms with Crippen molar-refractivity contribution in [1.82, 2.24) is 0 Å². The zero-order chi connectivity index (χ0) is 23.8. The highest BCUT2D eigenvalue weighted by Crippen LogP contribution is 2.26. The number of rotatable bonds is 6. The molecule has 0 saturated heterocycles. The number of furan rings is 1. The second-order valence-corrected chi connectivity index (χ2v) is 8.25. The smallest absolute Gasteiger partial charge is 0.241 e. The van der Waals surface area contributed by atoms with Crippen LogP contribution in [0, 0.1) is 0 Å². The molecular weight excluding hydrogens is 464 g/mol. The average molecular weight is 483 g/mol. The van der Waals surface area contributed by atoms with Crippen LogP contribution in [0.15, 0.2) is 99.9 Å². The third-order valence-corrected chi connectivity index (χ3v) is 5.98. The summed E-state index contributed by atoms with van der Waals surface area (Å²) in [6.45, 7) is 0. The van der Waals surface area contributed by atoms with E-state index in [9.17, 15) is 24.9 Å². The second-order valence-electron chi connectivity index (χ2n) is 6.35. The minimum absolute atomic E-state index is 0.207. The standard InChI is InChI=1S/C13H10O4.C11H8O3S2/c14-8-11(15)12(16)10-6-7-17-13(10)9-4-2-1-3-5-9;12-9(7-3-1-5-15-7)11(14)10(13)8-4-2-6-16-8/h1-8,14-15H;1-6,12,14H/b11-8-;11-9+. The van der Waals surface area contributed by atoms with Gasteiger partial charge in [0.2, 0.25) is 17.3 Å². The molecule has 0 bridgehead atoms. The van der Waals surface area contributed by atoms with Crippen LogP contribution < -0.4 is 0 Å². The molecule has 1 aromatic carbocycles. The Morgan fingerprint density at radius 3 is 2.00 bits per heavy atom. The number of hydrogen-bond acceptors (Lipinski definition) is 9. The highest BCUT2D eigenvalue weighted by Gasteiger charge is 2.20. The van der Waals surface area contributed by atoms with Gasteiger partial charge in [-0.1, -0.05) is 42.5 Å². The predicted molar refractivity (Wildman–Crippen MR) is 127 cm³/mol. The van der Waals surface area contributed by atoms with Gasteiger partial charge in [-0.2, -0.15) is 0 Å². The zero-order valence-electron chi connectivity index (χ0n) is 16.9. The van der Waals surface area contributed by atoms with Crippen LogP contribution in [0.4, 0.5) is 0 Å². The van der Waals surface area contributed by atoms with E-state index in [1.807, 2.05) is 18.2 Å². The minimum Gasteiger partial charge on any atom is -0.512 e. The fraction of sp³-hybridized carbons (Fsp3) is 0. The summed E-state index contributed by atoms with van der Waals surface area (Å²) in [5.41, 5.74) is 0.936. The van der Waals surface area contributed by atoms with Crippen molar-refractivity contribution in [2.75, 3.05) is 0 Å². The summed E-state index contributed by atoms with van der Waals surface area (Å²) in [7, 11) is 0. The van der Waals surface area contributed by atoms with Gasteiger partial charge in [0.25, 0.3) is 0 Å². The third-order valence-electron chi connectivity index (χ3n) is 4.24. The predicted octanol–water partition coefficient (Wildman–Crippen LogP) is 6.56. The molecule has 0 aliphatic heterocycles. The first-order valence-corrected chi connectivity index (χ1v) is 11.1. The maximum Gasteiger partial charge on any atom is 0.241 e. The Labute approximate surface area is 196 Å². The Balaban J connectivity index is 0.000000186. The van der Waals surface area contributed by atoms with Crippen LogP contribution >= 0.6 is 22.7 Å². The molecule has 0 radical (unpaired) electrons. The number of ketones is 2. The lowest BCUT2D eigenvalue weighted by Crippen LogP contribution is -2.03. The second kappa shape index (κ2) is 11.0. The van der Waals surface area contributed by atoms with Crippen LogP contribution in [0.1, 0.15) is 24.9 Å². The van der Waals surface area contributed by atoms with Crippen LogP contribution in [0.5, 0.6) is 0 Å². The van der Waals surface area contributed by atoms with Crippen molar-refractivity contribution in [2.24, 2.45) is 0 Å². The summed E-state index contributed by atoms with van der Waals surface area (Å²) >= 11 is 2.48. The molecule has 0 amide bonds. The van der Waals surface area contributed by atoms with Crippen molar-refractivity contribution in [2.45, 2.75) is 0 Å². The molecule has 0 fully saturated rings. The van der Waals surface area contributed by atoms with Gasteiger partial charge in [-0.05, 0) is 29.0 Å². The number of allylic oxidation sites excluding steroid dienone is 2. The normalized spacial score (nSPS) is 11.8. The Morgan fingerprint density at radius 1 is 0.788 bits per heavy atom. The highest BCUT2D eigenvalue weighted by atomic mass is 32.1. The molecule has 0 spiro atoms. The highest BCUT2D eigenvalue weighted by molar-refractivity contribution is 7.12. The van der Waals surface area contributed by atoms with Gasteiger partial charge in [-0.25, -0.2) is 0 Å². The van der Waals surface area contributed by atoms with Crippen molar-refractivity contribution in [3.05, 3.63) is 111 Å². The molecule has 0 aliphatic carbocycles. The van der Waals surface area contributed by atoms with E-state index in [0.717, 1.165) is 5.56 Å². The van der Waals surface area contributed by atoms with Crippen LogP contribution in [0.2, 0.25) is 0 Å². The number of aliphatic hydroxyl groups is 4. The van der Waals surface area contributed by atoms with Crippen LogP contribution in [0.25, 0.3) is 17.1 Å². The Morgan fingerprint density at radius 2 is 1.42 bits per heavy atom. The molecule has 4 rings (SSSR count). The SMILES string of the molecule is O=C(/C(O)=C(\O)c1cccs1)c1cccs1.O=C(/C(O)=C/O)c1ccoc1-c1ccccc1. The van der Waals surface area contributed by atoms with Gasteiger partial charge in [-0.3, -0.25) is 9.59 Å². The van der Waals surface area contributed by atoms with E-state index >= 15 is 0 Å². The summed E-state index contributed by atoms with van der Waals surface area (Å²) in [5, 5.41) is 40.6. The lowest BCUT2D eigenvalue weighted by atomic mass is 10.1. The molecular formula is C24H18O7S2. The molecule has 0 saturated carbocycles. The van der Waals surface area contributed by atoms with Gasteiger partial charge in [-0.15, -0.1) is 22.7 Å². The monoisotopic (exact) mass is 482 g/mol. The van der Waals surface area contributed by atoms with Crippen molar-refractivity contribution in [3.63, 3.8) is 0 Å². The maximum absolute atomic E-state index is 11.7. The fourth-order valence-corrected chi connectivity index (χ4v) is 3.99. The molecule has 4 N–H and O–H groups in total. The quantitative estimate of drug-likeness (QED) is 0.139. The van der Waals surface area contributed by atoms with Crippen LogP contribution in [-0.4, -0.2) is 32.0 Å². The fourth-order valence-electron chi connectivity index (χ4n) is 2.66. The van der Waals surface area contributed by atoms with Crippen molar-refractivity contribution in [3.8, 4) is 11.3 Å². The largest absolute Gasteiger partial charge is 0.512 e. The maximum atomic E-state index is 11.7. The Hall–Kier alpha value is -4.08. The molecule has 0 atom stereocenters. The van der Waals surface area contributed by atoms with E-state index in [0.29, 0.717) is 21.8 Å². The molecule has 0 aliphatic rings. The lowest BCUT2D eigenvalue weighted by Gasteiger charge is -2.00. The number of carbonyl (C=O) groups is 2. The van der Waals surface area contributed by atoms with E-state index in [1.54, 1.807) is 47.2 Å². The first kappa shape index (κ1) is 23.6. The van der Waals surface area contributed by atoms with Crippen molar-refractivity contribution >= 4 is 40.0 Å². The lowest BCUT2D eigenvalue weighted by molar-refractivity contribution is 0.0967. The molecule has 3 heterocycles. The molecule has 0 unspecified atom stereocenters. The van der Waals surface area contributed by atoms with Gasteiger partial charge < -0.3 is 24.8 Å². The third kappa shape index (κ3) is 5.59. The van der Waals surface area contributed by atoms with E-state index in [1.165, 1.54) is 35.0 Å². The number of thiophene rings is 2. The van der Waals surface area contributed by atoms with E-state index < -0.39 is 23.1 Å². The van der Waals surface area contributed by atoms with Gasteiger partial charge in [0.05, 0.1) is 21.6 Å². The first-order valence-electron chi connectivity index (χ1n) is 9.39. The summed E-state index contributed by atoms with van der Waals surface area (Å²) < 4.78 is 5.23. The first-order chi connectivity index (χ1) is 15.9. The van der Waals surface area contributed by atoms with Crippen LogP contribution in [0.3, 0.4) is 0 Å².